The molecule has 1 aliphatic rings. The number of imidazole rings is 1. The molecular formula is C16H17F3N2O2. The summed E-state index contributed by atoms with van der Waals surface area (Å²) in [5.74, 6) is 0.300. The zero-order valence-corrected chi connectivity index (χ0v) is 12.4. The molecule has 1 fully saturated rings. The van der Waals surface area contributed by atoms with Gasteiger partial charge in [0.05, 0.1) is 6.61 Å². The summed E-state index contributed by atoms with van der Waals surface area (Å²) < 4.78 is 46.0. The fourth-order valence-electron chi connectivity index (χ4n) is 2.74. The summed E-state index contributed by atoms with van der Waals surface area (Å²) in [6.07, 6.45) is -2.06. The van der Waals surface area contributed by atoms with E-state index in [0.717, 1.165) is 6.20 Å². The van der Waals surface area contributed by atoms with Gasteiger partial charge in [0, 0.05) is 31.0 Å². The molecule has 1 aliphatic heterocycles. The molecule has 0 atom stereocenters. The second-order valence-corrected chi connectivity index (χ2v) is 5.55. The molecule has 0 aliphatic carbocycles. The van der Waals surface area contributed by atoms with Crippen molar-refractivity contribution >= 4 is 0 Å². The predicted octanol–water partition coefficient (Wildman–Crippen LogP) is 3.41. The molecule has 3 rings (SSSR count). The molecule has 1 N–H and O–H groups in total. The smallest absolute Gasteiger partial charge is 0.392 e. The van der Waals surface area contributed by atoms with Crippen molar-refractivity contribution in [1.29, 1.82) is 0 Å². The first-order valence-corrected chi connectivity index (χ1v) is 7.43. The second-order valence-electron chi connectivity index (χ2n) is 5.55. The Morgan fingerprint density at radius 3 is 2.39 bits per heavy atom. The molecule has 124 valence electrons. The van der Waals surface area contributed by atoms with Crippen LogP contribution >= 0.6 is 0 Å². The standard InChI is InChI=1S/C16H17F3N2O2/c17-16(18,19)14-9-21(13-5-7-23-8-6-13)15(20-14)12-3-1-11(10-22)2-4-12/h1-4,9,13,22H,5-8,10H2. The Balaban J connectivity index is 2.03. The minimum Gasteiger partial charge on any atom is -0.392 e. The molecule has 0 unspecified atom stereocenters. The maximum absolute atomic E-state index is 13.0. The zero-order chi connectivity index (χ0) is 16.4. The largest absolute Gasteiger partial charge is 0.434 e. The van der Waals surface area contributed by atoms with E-state index < -0.39 is 11.9 Å². The number of nitrogens with zero attached hydrogens (tertiary/aromatic N) is 2. The van der Waals surface area contributed by atoms with E-state index in [9.17, 15) is 13.2 Å². The van der Waals surface area contributed by atoms with Crippen LogP contribution in [0, 0.1) is 0 Å². The highest BCUT2D eigenvalue weighted by molar-refractivity contribution is 5.57. The Kier molecular flexibility index (Phi) is 4.41. The summed E-state index contributed by atoms with van der Waals surface area (Å²) in [6.45, 7) is 0.961. The quantitative estimate of drug-likeness (QED) is 0.940. The zero-order valence-electron chi connectivity index (χ0n) is 12.4. The first-order chi connectivity index (χ1) is 11.0. The Hall–Kier alpha value is -1.86. The number of aromatic nitrogens is 2. The van der Waals surface area contributed by atoms with Crippen LogP contribution in [-0.2, 0) is 17.5 Å². The SMILES string of the molecule is OCc1ccc(-c2nc(C(F)(F)F)cn2C2CCOCC2)cc1. The van der Waals surface area contributed by atoms with Crippen LogP contribution in [0.2, 0.25) is 0 Å². The number of hydrogen-bond acceptors (Lipinski definition) is 3. The van der Waals surface area contributed by atoms with Gasteiger partial charge in [0.25, 0.3) is 0 Å². The fourth-order valence-corrected chi connectivity index (χ4v) is 2.74. The van der Waals surface area contributed by atoms with Crippen LogP contribution in [-0.4, -0.2) is 27.9 Å². The molecule has 1 aromatic carbocycles. The molecule has 2 aromatic rings. The first kappa shape index (κ1) is 16.0. The van der Waals surface area contributed by atoms with Gasteiger partial charge in [-0.15, -0.1) is 0 Å². The minimum atomic E-state index is -4.48. The summed E-state index contributed by atoms with van der Waals surface area (Å²) >= 11 is 0. The van der Waals surface area contributed by atoms with Crippen LogP contribution in [0.25, 0.3) is 11.4 Å². The third-order valence-corrected chi connectivity index (χ3v) is 4.00. The van der Waals surface area contributed by atoms with Gasteiger partial charge in [-0.3, -0.25) is 0 Å². The van der Waals surface area contributed by atoms with E-state index in [4.69, 9.17) is 9.84 Å². The Labute approximate surface area is 131 Å². The number of rotatable bonds is 3. The number of benzene rings is 1. The maximum atomic E-state index is 13.0. The van der Waals surface area contributed by atoms with Gasteiger partial charge in [0.1, 0.15) is 5.82 Å². The lowest BCUT2D eigenvalue weighted by molar-refractivity contribution is -0.140. The Morgan fingerprint density at radius 2 is 1.83 bits per heavy atom. The Bertz CT molecular complexity index is 659. The lowest BCUT2D eigenvalue weighted by atomic mass is 10.1. The van der Waals surface area contributed by atoms with Gasteiger partial charge in [-0.1, -0.05) is 24.3 Å². The topological polar surface area (TPSA) is 47.3 Å². The third kappa shape index (κ3) is 3.40. The average Bonchev–Trinajstić information content (AvgIpc) is 3.01. The van der Waals surface area contributed by atoms with Gasteiger partial charge in [0.15, 0.2) is 5.69 Å². The highest BCUT2D eigenvalue weighted by Gasteiger charge is 2.36. The van der Waals surface area contributed by atoms with E-state index in [1.807, 2.05) is 0 Å². The molecule has 0 spiro atoms. The van der Waals surface area contributed by atoms with Crippen molar-refractivity contribution in [1.82, 2.24) is 9.55 Å². The van der Waals surface area contributed by atoms with Crippen LogP contribution in [0.15, 0.2) is 30.5 Å². The number of aliphatic hydroxyl groups excluding tert-OH is 1. The van der Waals surface area contributed by atoms with Gasteiger partial charge in [-0.25, -0.2) is 4.98 Å². The molecular weight excluding hydrogens is 309 g/mol. The lowest BCUT2D eigenvalue weighted by Gasteiger charge is -2.25. The van der Waals surface area contributed by atoms with Crippen molar-refractivity contribution < 1.29 is 23.0 Å². The fraction of sp³-hybridized carbons (Fsp3) is 0.438. The van der Waals surface area contributed by atoms with Gasteiger partial charge >= 0.3 is 6.18 Å². The predicted molar refractivity (Wildman–Crippen MR) is 77.7 cm³/mol. The lowest BCUT2D eigenvalue weighted by Crippen LogP contribution is -2.19. The summed E-state index contributed by atoms with van der Waals surface area (Å²) in [7, 11) is 0. The molecule has 0 amide bonds. The molecule has 2 heterocycles. The van der Waals surface area contributed by atoms with Crippen molar-refractivity contribution in [2.75, 3.05) is 13.2 Å². The molecule has 1 aromatic heterocycles. The van der Waals surface area contributed by atoms with Gasteiger partial charge in [-0.05, 0) is 18.4 Å². The van der Waals surface area contributed by atoms with Crippen molar-refractivity contribution in [2.24, 2.45) is 0 Å². The van der Waals surface area contributed by atoms with Crippen LogP contribution in [0.1, 0.15) is 30.1 Å². The number of aliphatic hydroxyl groups is 1. The van der Waals surface area contributed by atoms with Crippen molar-refractivity contribution in [3.05, 3.63) is 41.7 Å². The minimum absolute atomic E-state index is 0.0557. The highest BCUT2D eigenvalue weighted by Crippen LogP contribution is 2.34. The van der Waals surface area contributed by atoms with Gasteiger partial charge < -0.3 is 14.4 Å². The van der Waals surface area contributed by atoms with E-state index in [0.29, 0.717) is 43.0 Å². The summed E-state index contributed by atoms with van der Waals surface area (Å²) in [5, 5.41) is 9.08. The number of halogens is 3. The summed E-state index contributed by atoms with van der Waals surface area (Å²) in [5.41, 5.74) is 0.420. The molecule has 1 saturated heterocycles. The van der Waals surface area contributed by atoms with Crippen LogP contribution < -0.4 is 0 Å². The Morgan fingerprint density at radius 1 is 1.17 bits per heavy atom. The average molecular weight is 326 g/mol. The maximum Gasteiger partial charge on any atom is 0.434 e. The highest BCUT2D eigenvalue weighted by atomic mass is 19.4. The van der Waals surface area contributed by atoms with Crippen LogP contribution in [0.4, 0.5) is 13.2 Å². The number of ether oxygens (including phenoxy) is 1. The first-order valence-electron chi connectivity index (χ1n) is 7.43. The molecule has 0 bridgehead atoms. The number of hydrogen-bond donors (Lipinski definition) is 1. The monoisotopic (exact) mass is 326 g/mol. The van der Waals surface area contributed by atoms with Gasteiger partial charge in [0.2, 0.25) is 0 Å². The second kappa shape index (κ2) is 6.33. The van der Waals surface area contributed by atoms with Crippen molar-refractivity contribution in [3.8, 4) is 11.4 Å². The van der Waals surface area contributed by atoms with E-state index in [1.165, 1.54) is 0 Å². The van der Waals surface area contributed by atoms with Crippen LogP contribution in [0.3, 0.4) is 0 Å². The van der Waals surface area contributed by atoms with Crippen molar-refractivity contribution in [2.45, 2.75) is 31.7 Å². The molecule has 23 heavy (non-hydrogen) atoms. The molecule has 0 radical (unpaired) electrons. The summed E-state index contributed by atoms with van der Waals surface area (Å²) in [6, 6.07) is 6.69. The third-order valence-electron chi connectivity index (χ3n) is 4.00. The van der Waals surface area contributed by atoms with E-state index >= 15 is 0 Å². The van der Waals surface area contributed by atoms with Crippen LogP contribution in [0.5, 0.6) is 0 Å². The van der Waals surface area contributed by atoms with E-state index in [-0.39, 0.29) is 12.6 Å². The van der Waals surface area contributed by atoms with E-state index in [1.54, 1.807) is 28.8 Å². The molecule has 7 heteroatoms. The molecule has 0 saturated carbocycles. The van der Waals surface area contributed by atoms with Crippen molar-refractivity contribution in [3.63, 3.8) is 0 Å². The number of alkyl halides is 3. The van der Waals surface area contributed by atoms with E-state index in [2.05, 4.69) is 4.98 Å². The summed E-state index contributed by atoms with van der Waals surface area (Å²) in [4.78, 5) is 3.82. The van der Waals surface area contributed by atoms with Gasteiger partial charge in [-0.2, -0.15) is 13.2 Å². The normalized spacial score (nSPS) is 16.7. The molecule has 4 nitrogen and oxygen atoms in total.